The van der Waals surface area contributed by atoms with Crippen LogP contribution in [0.5, 0.6) is 0 Å². The topological polar surface area (TPSA) is 43.8 Å². The Morgan fingerprint density at radius 1 is 1.03 bits per heavy atom. The fourth-order valence-corrected chi connectivity index (χ4v) is 6.25. The fraction of sp³-hybridized carbons (Fsp3) is 0.552. The van der Waals surface area contributed by atoms with Gasteiger partial charge in [-0.2, -0.15) is 0 Å². The highest BCUT2D eigenvalue weighted by molar-refractivity contribution is 6.42. The van der Waals surface area contributed by atoms with Crippen molar-refractivity contribution >= 4 is 29.1 Å². The van der Waals surface area contributed by atoms with Gasteiger partial charge in [-0.05, 0) is 55.9 Å². The average molecular weight is 518 g/mol. The number of nitrogens with zero attached hydrogens (tertiary/aromatic N) is 2. The van der Waals surface area contributed by atoms with E-state index in [4.69, 9.17) is 23.2 Å². The van der Waals surface area contributed by atoms with Gasteiger partial charge < -0.3 is 10.0 Å². The van der Waals surface area contributed by atoms with Crippen LogP contribution >= 0.6 is 23.2 Å². The minimum Gasteiger partial charge on any atom is -0.385 e. The van der Waals surface area contributed by atoms with Crippen LogP contribution in [0.15, 0.2) is 48.5 Å². The van der Waals surface area contributed by atoms with Gasteiger partial charge in [0.25, 0.3) is 0 Å². The lowest BCUT2D eigenvalue weighted by atomic mass is 9.77. The third kappa shape index (κ3) is 5.56. The van der Waals surface area contributed by atoms with Gasteiger partial charge in [-0.25, -0.2) is 0 Å². The maximum Gasteiger partial charge on any atom is 0.228 e. The number of carbonyl (C=O) groups excluding carboxylic acids is 1. The number of piperidine rings is 2. The second-order valence-corrected chi connectivity index (χ2v) is 12.1. The summed E-state index contributed by atoms with van der Waals surface area (Å²) in [6, 6.07) is 16.1. The summed E-state index contributed by atoms with van der Waals surface area (Å²) in [6.07, 6.45) is 3.32. The highest BCUT2D eigenvalue weighted by Crippen LogP contribution is 2.41. The molecule has 2 aliphatic heterocycles. The highest BCUT2D eigenvalue weighted by Gasteiger charge is 2.45. The van der Waals surface area contributed by atoms with Crippen LogP contribution in [0.4, 0.5) is 0 Å². The molecular weight excluding hydrogens is 479 g/mol. The third-order valence-corrected chi connectivity index (χ3v) is 8.71. The summed E-state index contributed by atoms with van der Waals surface area (Å²) in [5, 5.41) is 12.5. The fourth-order valence-electron chi connectivity index (χ4n) is 5.94. The number of hydrogen-bond acceptors (Lipinski definition) is 3. The third-order valence-electron chi connectivity index (χ3n) is 7.97. The number of aliphatic hydroxyl groups is 1. The summed E-state index contributed by atoms with van der Waals surface area (Å²) in [6.45, 7) is 10.6. The summed E-state index contributed by atoms with van der Waals surface area (Å²) >= 11 is 12.6. The molecule has 2 aliphatic rings. The summed E-state index contributed by atoms with van der Waals surface area (Å²) in [4.78, 5) is 18.2. The number of halogens is 2. The van der Waals surface area contributed by atoms with E-state index in [9.17, 15) is 9.90 Å². The van der Waals surface area contributed by atoms with Crippen LogP contribution in [-0.2, 0) is 10.4 Å². The van der Waals surface area contributed by atoms with Crippen molar-refractivity contribution in [2.75, 3.05) is 19.6 Å². The van der Waals surface area contributed by atoms with Crippen molar-refractivity contribution in [1.82, 2.24) is 9.80 Å². The standard InChI is InChI=1S/C29H38Cl2N2O2/c1-20(32-17-14-29(35,15-18-32)22-9-6-5-7-10-22)26-23(21-12-13-24(30)25(31)19-21)11-8-16-33(26)27(34)28(2,3)4/h5-7,9-10,12-13,19-20,23,26,35H,8,11,14-18H2,1-4H3. The summed E-state index contributed by atoms with van der Waals surface area (Å²) in [7, 11) is 0. The molecule has 0 aromatic heterocycles. The molecule has 0 aliphatic carbocycles. The molecule has 2 saturated heterocycles. The Bertz CT molecular complexity index is 1030. The molecule has 0 spiro atoms. The molecule has 3 atom stereocenters. The summed E-state index contributed by atoms with van der Waals surface area (Å²) in [5.74, 6) is 0.367. The first-order valence-electron chi connectivity index (χ1n) is 12.8. The lowest BCUT2D eigenvalue weighted by Gasteiger charge is -2.51. The second kappa shape index (κ2) is 10.4. The predicted molar refractivity (Wildman–Crippen MR) is 144 cm³/mol. The van der Waals surface area contributed by atoms with Crippen LogP contribution in [0.2, 0.25) is 10.0 Å². The molecule has 3 unspecified atom stereocenters. The number of carbonyl (C=O) groups is 1. The molecule has 2 heterocycles. The van der Waals surface area contributed by atoms with E-state index in [1.54, 1.807) is 0 Å². The van der Waals surface area contributed by atoms with Gasteiger partial charge in [0, 0.05) is 37.0 Å². The van der Waals surface area contributed by atoms with Crippen molar-refractivity contribution in [2.45, 2.75) is 77.0 Å². The molecule has 2 aromatic rings. The van der Waals surface area contributed by atoms with Gasteiger partial charge in [-0.1, -0.05) is 80.4 Å². The lowest BCUT2D eigenvalue weighted by molar-refractivity contribution is -0.146. The van der Waals surface area contributed by atoms with Crippen LogP contribution in [-0.4, -0.2) is 52.5 Å². The van der Waals surface area contributed by atoms with Crippen LogP contribution in [0.25, 0.3) is 0 Å². The number of rotatable bonds is 4. The van der Waals surface area contributed by atoms with Gasteiger partial charge in [0.1, 0.15) is 0 Å². The Morgan fingerprint density at radius 3 is 2.29 bits per heavy atom. The van der Waals surface area contributed by atoms with Gasteiger partial charge in [-0.3, -0.25) is 9.69 Å². The van der Waals surface area contributed by atoms with E-state index in [0.717, 1.165) is 43.6 Å². The average Bonchev–Trinajstić information content (AvgIpc) is 2.85. The Balaban J connectivity index is 1.62. The molecule has 4 rings (SSSR count). The van der Waals surface area contributed by atoms with E-state index < -0.39 is 11.0 Å². The van der Waals surface area contributed by atoms with Gasteiger partial charge in [0.15, 0.2) is 0 Å². The normalized spacial score (nSPS) is 24.3. The quantitative estimate of drug-likeness (QED) is 0.505. The van der Waals surface area contributed by atoms with E-state index >= 15 is 0 Å². The van der Waals surface area contributed by atoms with Crippen molar-refractivity contribution in [3.63, 3.8) is 0 Å². The minimum atomic E-state index is -0.798. The summed E-state index contributed by atoms with van der Waals surface area (Å²) < 4.78 is 0. The zero-order chi connectivity index (χ0) is 25.4. The molecule has 1 N–H and O–H groups in total. The molecule has 2 aromatic carbocycles. The zero-order valence-electron chi connectivity index (χ0n) is 21.3. The van der Waals surface area contributed by atoms with Crippen LogP contribution in [0, 0.1) is 5.41 Å². The molecule has 6 heteroatoms. The zero-order valence-corrected chi connectivity index (χ0v) is 22.8. The van der Waals surface area contributed by atoms with Crippen molar-refractivity contribution in [2.24, 2.45) is 5.41 Å². The van der Waals surface area contributed by atoms with Crippen LogP contribution in [0.1, 0.15) is 70.4 Å². The van der Waals surface area contributed by atoms with Gasteiger partial charge in [-0.15, -0.1) is 0 Å². The first kappa shape index (κ1) is 26.5. The molecule has 0 saturated carbocycles. The van der Waals surface area contributed by atoms with Crippen LogP contribution < -0.4 is 0 Å². The number of amides is 1. The Labute approximate surface area is 220 Å². The molecule has 4 nitrogen and oxygen atoms in total. The van der Waals surface area contributed by atoms with E-state index in [1.165, 1.54) is 0 Å². The predicted octanol–water partition coefficient (Wildman–Crippen LogP) is 6.49. The largest absolute Gasteiger partial charge is 0.385 e. The molecule has 0 bridgehead atoms. The lowest BCUT2D eigenvalue weighted by Crippen LogP contribution is -2.60. The van der Waals surface area contributed by atoms with E-state index in [1.807, 2.05) is 63.2 Å². The van der Waals surface area contributed by atoms with Crippen molar-refractivity contribution in [3.05, 3.63) is 69.7 Å². The summed E-state index contributed by atoms with van der Waals surface area (Å²) in [5.41, 5.74) is 0.879. The Hall–Kier alpha value is -1.59. The number of hydrogen-bond donors (Lipinski definition) is 1. The molecule has 35 heavy (non-hydrogen) atoms. The van der Waals surface area contributed by atoms with E-state index in [2.05, 4.69) is 22.8 Å². The van der Waals surface area contributed by atoms with Gasteiger partial charge >= 0.3 is 0 Å². The van der Waals surface area contributed by atoms with E-state index in [0.29, 0.717) is 22.9 Å². The van der Waals surface area contributed by atoms with Crippen LogP contribution in [0.3, 0.4) is 0 Å². The molecule has 2 fully saturated rings. The monoisotopic (exact) mass is 516 g/mol. The highest BCUT2D eigenvalue weighted by atomic mass is 35.5. The van der Waals surface area contributed by atoms with Crippen molar-refractivity contribution < 1.29 is 9.90 Å². The minimum absolute atomic E-state index is 0.0237. The second-order valence-electron chi connectivity index (χ2n) is 11.3. The van der Waals surface area contributed by atoms with E-state index in [-0.39, 0.29) is 23.9 Å². The smallest absolute Gasteiger partial charge is 0.228 e. The van der Waals surface area contributed by atoms with Gasteiger partial charge in [0.05, 0.1) is 21.7 Å². The first-order chi connectivity index (χ1) is 16.5. The number of benzene rings is 2. The molecule has 1 amide bonds. The molecule has 0 radical (unpaired) electrons. The molecule has 190 valence electrons. The van der Waals surface area contributed by atoms with Gasteiger partial charge in [0.2, 0.25) is 5.91 Å². The van der Waals surface area contributed by atoms with Crippen molar-refractivity contribution in [1.29, 1.82) is 0 Å². The maximum atomic E-state index is 13.6. The Morgan fingerprint density at radius 2 is 1.69 bits per heavy atom. The maximum absolute atomic E-state index is 13.6. The number of likely N-dealkylation sites (tertiary alicyclic amines) is 2. The Kier molecular flexibility index (Phi) is 7.88. The van der Waals surface area contributed by atoms with Crippen molar-refractivity contribution in [3.8, 4) is 0 Å². The SMILES string of the molecule is CC(C1C(c2ccc(Cl)c(Cl)c2)CCCN1C(=O)C(C)(C)C)N1CCC(O)(c2ccccc2)CC1. The first-order valence-corrected chi connectivity index (χ1v) is 13.5. The molecular formula is C29H38Cl2N2O2.